The first kappa shape index (κ1) is 22.3. The molecule has 3 heterocycles. The maximum Gasteiger partial charge on any atom is 0.410 e. The van der Waals surface area contributed by atoms with Crippen molar-refractivity contribution in [2.45, 2.75) is 43.9 Å². The number of amides is 1. The van der Waals surface area contributed by atoms with Gasteiger partial charge in [0.15, 0.2) is 6.04 Å². The Bertz CT molecular complexity index is 1310. The first-order valence-corrected chi connectivity index (χ1v) is 11.5. The highest BCUT2D eigenvalue weighted by atomic mass is 32.1. The monoisotopic (exact) mass is 487 g/mol. The molecular formula is C23H20F3N5O2S. The molecule has 0 fully saturated rings. The van der Waals surface area contributed by atoms with Gasteiger partial charge in [-0.15, -0.1) is 11.3 Å². The minimum atomic E-state index is -4.57. The largest absolute Gasteiger partial charge is 0.496 e. The highest BCUT2D eigenvalue weighted by Crippen LogP contribution is 2.46. The van der Waals surface area contributed by atoms with Crippen LogP contribution in [0.25, 0.3) is 0 Å². The third-order valence-corrected chi connectivity index (χ3v) is 7.46. The van der Waals surface area contributed by atoms with Crippen LogP contribution in [0.3, 0.4) is 0 Å². The number of hydrogen-bond donors (Lipinski definition) is 2. The molecule has 0 unspecified atom stereocenters. The number of nitriles is 1. The van der Waals surface area contributed by atoms with Gasteiger partial charge in [0, 0.05) is 16.9 Å². The zero-order chi connectivity index (χ0) is 24.0. The van der Waals surface area contributed by atoms with Crippen LogP contribution < -0.4 is 15.4 Å². The number of methoxy groups -OCH3 is 1. The summed E-state index contributed by atoms with van der Waals surface area (Å²) in [5, 5.41) is 19.7. The Morgan fingerprint density at radius 1 is 1.35 bits per heavy atom. The van der Waals surface area contributed by atoms with Gasteiger partial charge in [-0.1, -0.05) is 18.2 Å². The number of nitrogens with one attached hydrogen (secondary N) is 2. The molecule has 1 amide bonds. The number of aryl methyl sites for hydroxylation is 1. The van der Waals surface area contributed by atoms with Crippen molar-refractivity contribution in [2.75, 3.05) is 17.7 Å². The van der Waals surface area contributed by atoms with E-state index < -0.39 is 24.2 Å². The summed E-state index contributed by atoms with van der Waals surface area (Å²) in [7, 11) is 1.46. The number of anilines is 2. The van der Waals surface area contributed by atoms with Crippen LogP contribution in [-0.2, 0) is 12.8 Å². The second-order valence-electron chi connectivity index (χ2n) is 8.21. The van der Waals surface area contributed by atoms with Crippen molar-refractivity contribution in [2.24, 2.45) is 0 Å². The molecule has 2 aliphatic rings. The van der Waals surface area contributed by atoms with Crippen molar-refractivity contribution in [3.05, 3.63) is 57.6 Å². The summed E-state index contributed by atoms with van der Waals surface area (Å²) in [6.07, 6.45) is -1.15. The molecule has 2 atom stereocenters. The van der Waals surface area contributed by atoms with Gasteiger partial charge in [0.2, 0.25) is 0 Å². The van der Waals surface area contributed by atoms with Gasteiger partial charge in [0.1, 0.15) is 28.2 Å². The number of nitrogens with zero attached hydrogens (tertiary/aromatic N) is 3. The number of hydrogen-bond acceptors (Lipinski definition) is 6. The Morgan fingerprint density at radius 2 is 2.15 bits per heavy atom. The number of alkyl halides is 3. The first-order chi connectivity index (χ1) is 16.3. The van der Waals surface area contributed by atoms with Gasteiger partial charge >= 0.3 is 6.18 Å². The maximum atomic E-state index is 14.0. The van der Waals surface area contributed by atoms with E-state index in [2.05, 4.69) is 21.8 Å². The Balaban J connectivity index is 1.51. The number of rotatable bonds is 4. The number of benzene rings is 1. The van der Waals surface area contributed by atoms with Crippen LogP contribution in [0.2, 0.25) is 0 Å². The number of aromatic nitrogens is 2. The summed E-state index contributed by atoms with van der Waals surface area (Å²) in [6, 6.07) is 6.32. The van der Waals surface area contributed by atoms with Gasteiger partial charge in [0.05, 0.1) is 24.9 Å². The average molecular weight is 488 g/mol. The molecule has 0 saturated heterocycles. The number of halogens is 3. The van der Waals surface area contributed by atoms with Gasteiger partial charge in [-0.3, -0.25) is 4.79 Å². The number of thiophene rings is 1. The number of carbonyl (C=O) groups is 1. The van der Waals surface area contributed by atoms with Crippen molar-refractivity contribution in [3.63, 3.8) is 0 Å². The molecule has 34 heavy (non-hydrogen) atoms. The van der Waals surface area contributed by atoms with E-state index in [1.807, 2.05) is 0 Å². The Kier molecular flexibility index (Phi) is 5.48. The van der Waals surface area contributed by atoms with E-state index in [9.17, 15) is 23.2 Å². The van der Waals surface area contributed by atoms with Crippen LogP contribution in [0.5, 0.6) is 5.75 Å². The molecule has 0 radical (unpaired) electrons. The van der Waals surface area contributed by atoms with Crippen molar-refractivity contribution in [3.8, 4) is 11.8 Å². The lowest BCUT2D eigenvalue weighted by atomic mass is 9.95. The highest BCUT2D eigenvalue weighted by Gasteiger charge is 2.47. The molecular weight excluding hydrogens is 467 g/mol. The topological polar surface area (TPSA) is 92.0 Å². The second kappa shape index (κ2) is 8.36. The summed E-state index contributed by atoms with van der Waals surface area (Å²) in [6.45, 7) is 0. The normalized spacial score (nSPS) is 19.0. The van der Waals surface area contributed by atoms with E-state index in [0.717, 1.165) is 40.6 Å². The molecule has 7 nitrogen and oxygen atoms in total. The van der Waals surface area contributed by atoms with E-state index in [1.54, 1.807) is 24.3 Å². The molecule has 2 N–H and O–H groups in total. The van der Waals surface area contributed by atoms with E-state index in [1.165, 1.54) is 18.4 Å². The Hall–Kier alpha value is -3.52. The lowest BCUT2D eigenvalue weighted by Crippen LogP contribution is -2.36. The van der Waals surface area contributed by atoms with Crippen LogP contribution in [0.4, 0.5) is 24.0 Å². The van der Waals surface area contributed by atoms with Crippen molar-refractivity contribution < 1.29 is 22.7 Å². The molecule has 1 aliphatic heterocycles. The molecule has 176 valence electrons. The molecule has 0 saturated carbocycles. The Labute approximate surface area is 197 Å². The van der Waals surface area contributed by atoms with Gasteiger partial charge in [-0.05, 0) is 30.9 Å². The summed E-state index contributed by atoms with van der Waals surface area (Å²) in [4.78, 5) is 14.2. The van der Waals surface area contributed by atoms with Crippen LogP contribution in [0.15, 0.2) is 30.5 Å². The molecule has 3 aromatic rings. The molecule has 1 aromatic carbocycles. The summed E-state index contributed by atoms with van der Waals surface area (Å²) in [5.74, 6) is -0.192. The maximum absolute atomic E-state index is 14.0. The molecule has 5 rings (SSSR count). The molecule has 2 aromatic heterocycles. The van der Waals surface area contributed by atoms with E-state index in [0.29, 0.717) is 21.9 Å². The van der Waals surface area contributed by atoms with E-state index >= 15 is 0 Å². The third kappa shape index (κ3) is 3.68. The molecule has 0 bridgehead atoms. The van der Waals surface area contributed by atoms with Gasteiger partial charge in [-0.2, -0.15) is 23.5 Å². The summed E-state index contributed by atoms with van der Waals surface area (Å²) >= 11 is 1.34. The zero-order valence-corrected chi connectivity index (χ0v) is 18.9. The first-order valence-electron chi connectivity index (χ1n) is 10.7. The lowest BCUT2D eigenvalue weighted by molar-refractivity contribution is -0.173. The van der Waals surface area contributed by atoms with Gasteiger partial charge < -0.3 is 15.4 Å². The smallest absolute Gasteiger partial charge is 0.410 e. The van der Waals surface area contributed by atoms with E-state index in [-0.39, 0.29) is 17.8 Å². The van der Waals surface area contributed by atoms with Crippen LogP contribution in [-0.4, -0.2) is 29.0 Å². The van der Waals surface area contributed by atoms with Gasteiger partial charge in [-0.25, -0.2) is 4.68 Å². The predicted molar refractivity (Wildman–Crippen MR) is 120 cm³/mol. The number of para-hydroxylation sites is 1. The van der Waals surface area contributed by atoms with Crippen LogP contribution in [0, 0.1) is 11.3 Å². The number of ether oxygens (including phenoxy) is 1. The summed E-state index contributed by atoms with van der Waals surface area (Å²) < 4.78 is 48.1. The van der Waals surface area contributed by atoms with E-state index in [4.69, 9.17) is 4.74 Å². The SMILES string of the molecule is COc1ccccc1[C@H]1C[C@H](C(F)(F)F)n2ncc(C(=O)Nc3sc4c(c3C#N)CCC4)c2N1. The molecule has 11 heteroatoms. The van der Waals surface area contributed by atoms with Crippen molar-refractivity contribution in [1.82, 2.24) is 9.78 Å². The van der Waals surface area contributed by atoms with Crippen molar-refractivity contribution in [1.29, 1.82) is 5.26 Å². The number of carbonyl (C=O) groups excluding carboxylic acids is 1. The quantitative estimate of drug-likeness (QED) is 0.526. The Morgan fingerprint density at radius 3 is 2.88 bits per heavy atom. The molecule has 1 aliphatic carbocycles. The lowest BCUT2D eigenvalue weighted by Gasteiger charge is -2.34. The molecule has 0 spiro atoms. The minimum absolute atomic E-state index is 0.0219. The predicted octanol–water partition coefficient (Wildman–Crippen LogP) is 5.23. The van der Waals surface area contributed by atoms with Crippen LogP contribution in [0.1, 0.15) is 56.9 Å². The third-order valence-electron chi connectivity index (χ3n) is 6.26. The average Bonchev–Trinajstić information content (AvgIpc) is 3.52. The fraction of sp³-hybridized carbons (Fsp3) is 0.348. The summed E-state index contributed by atoms with van der Waals surface area (Å²) in [5.41, 5.74) is 1.91. The zero-order valence-electron chi connectivity index (χ0n) is 18.1. The van der Waals surface area contributed by atoms with Gasteiger partial charge in [0.25, 0.3) is 5.91 Å². The minimum Gasteiger partial charge on any atom is -0.496 e. The highest BCUT2D eigenvalue weighted by molar-refractivity contribution is 7.16. The second-order valence-corrected chi connectivity index (χ2v) is 9.32. The number of fused-ring (bicyclic) bond motifs is 2. The van der Waals surface area contributed by atoms with Crippen LogP contribution >= 0.6 is 11.3 Å². The fourth-order valence-electron chi connectivity index (χ4n) is 4.67. The van der Waals surface area contributed by atoms with Crippen molar-refractivity contribution >= 4 is 28.1 Å². The standard InChI is InChI=1S/C23H20F3N5O2S/c1-33-17-7-3-2-5-13(17)16-9-19(23(24,25)26)31-20(29-16)15(11-28-31)21(32)30-22-14(10-27)12-6-4-8-18(12)34-22/h2-3,5,7,11,16,19,29H,4,6,8-9H2,1H3,(H,30,32)/t16-,19-/m1/s1. The fourth-order valence-corrected chi connectivity index (χ4v) is 5.90.